The summed E-state index contributed by atoms with van der Waals surface area (Å²) in [6, 6.07) is 6.21. The third-order valence-corrected chi connectivity index (χ3v) is 2.70. The molecule has 0 amide bonds. The molecule has 0 aliphatic heterocycles. The molecule has 2 aromatic rings. The van der Waals surface area contributed by atoms with Crippen molar-refractivity contribution < 1.29 is 15.0 Å². The van der Waals surface area contributed by atoms with Gasteiger partial charge in [0.1, 0.15) is 5.75 Å². The molecule has 3 nitrogen and oxygen atoms in total. The number of rotatable bonds is 2. The zero-order chi connectivity index (χ0) is 10.8. The lowest BCUT2D eigenvalue weighted by atomic mass is 10.1. The molecule has 4 heteroatoms. The molecule has 0 unspecified atom stereocenters. The van der Waals surface area contributed by atoms with E-state index in [4.69, 9.17) is 5.11 Å². The van der Waals surface area contributed by atoms with Crippen LogP contribution in [0.3, 0.4) is 0 Å². The fraction of sp³-hybridized carbons (Fsp3) is 0. The van der Waals surface area contributed by atoms with E-state index in [2.05, 4.69) is 0 Å². The Morgan fingerprint density at radius 2 is 2.00 bits per heavy atom. The number of carbonyl (C=O) groups is 1. The molecule has 1 aromatic carbocycles. The maximum absolute atomic E-state index is 10.8. The van der Waals surface area contributed by atoms with Gasteiger partial charge in [-0.15, -0.1) is 0 Å². The van der Waals surface area contributed by atoms with Crippen LogP contribution in [0.15, 0.2) is 35.0 Å². The van der Waals surface area contributed by atoms with Crippen molar-refractivity contribution in [2.24, 2.45) is 0 Å². The second-order valence-corrected chi connectivity index (χ2v) is 3.87. The number of carboxylic acids is 1. The first kappa shape index (κ1) is 9.73. The van der Waals surface area contributed by atoms with E-state index in [-0.39, 0.29) is 11.3 Å². The second-order valence-electron chi connectivity index (χ2n) is 3.09. The molecule has 0 atom stereocenters. The van der Waals surface area contributed by atoms with Crippen LogP contribution < -0.4 is 0 Å². The van der Waals surface area contributed by atoms with Gasteiger partial charge >= 0.3 is 5.97 Å². The average Bonchev–Trinajstić information content (AvgIpc) is 2.69. The number of aromatic hydroxyl groups is 1. The molecule has 0 aliphatic carbocycles. The van der Waals surface area contributed by atoms with Gasteiger partial charge < -0.3 is 10.2 Å². The van der Waals surface area contributed by atoms with E-state index in [1.54, 1.807) is 12.1 Å². The molecule has 0 aliphatic rings. The molecule has 1 heterocycles. The summed E-state index contributed by atoms with van der Waals surface area (Å²) in [4.78, 5) is 10.8. The number of phenolic OH excluding ortho intramolecular Hbond substituents is 1. The number of benzene rings is 1. The van der Waals surface area contributed by atoms with Crippen molar-refractivity contribution in [2.45, 2.75) is 0 Å². The first-order valence-electron chi connectivity index (χ1n) is 4.27. The number of phenols is 1. The molecular formula is C11H8O3S. The normalized spacial score (nSPS) is 10.1. The van der Waals surface area contributed by atoms with Crippen LogP contribution in [0.25, 0.3) is 11.1 Å². The summed E-state index contributed by atoms with van der Waals surface area (Å²) < 4.78 is 0. The van der Waals surface area contributed by atoms with E-state index in [0.717, 1.165) is 5.56 Å². The molecular weight excluding hydrogens is 212 g/mol. The lowest BCUT2D eigenvalue weighted by Gasteiger charge is -2.01. The molecule has 0 bridgehead atoms. The molecule has 1 aromatic heterocycles. The lowest BCUT2D eigenvalue weighted by molar-refractivity contribution is 0.0696. The van der Waals surface area contributed by atoms with Crippen LogP contribution in [-0.4, -0.2) is 16.2 Å². The van der Waals surface area contributed by atoms with E-state index in [0.29, 0.717) is 5.56 Å². The minimum atomic E-state index is -1.04. The Balaban J connectivity index is 2.54. The van der Waals surface area contributed by atoms with Crippen LogP contribution in [0.2, 0.25) is 0 Å². The van der Waals surface area contributed by atoms with E-state index in [1.807, 2.05) is 16.8 Å². The first-order chi connectivity index (χ1) is 7.16. The molecule has 2 rings (SSSR count). The maximum atomic E-state index is 10.8. The number of carboxylic acid groups (broad SMARTS) is 1. The predicted octanol–water partition coefficient (Wildman–Crippen LogP) is 2.82. The zero-order valence-corrected chi connectivity index (χ0v) is 8.49. The Morgan fingerprint density at radius 1 is 1.20 bits per heavy atom. The Hall–Kier alpha value is -1.81. The SMILES string of the molecule is O=C(O)c1cc(O)cc(-c2ccsc2)c1. The van der Waals surface area contributed by atoms with Gasteiger partial charge in [-0.05, 0) is 46.2 Å². The van der Waals surface area contributed by atoms with Crippen molar-refractivity contribution >= 4 is 17.3 Å². The molecule has 0 spiro atoms. The summed E-state index contributed by atoms with van der Waals surface area (Å²) in [7, 11) is 0. The summed E-state index contributed by atoms with van der Waals surface area (Å²) in [5.41, 5.74) is 1.73. The quantitative estimate of drug-likeness (QED) is 0.818. The van der Waals surface area contributed by atoms with Gasteiger partial charge in [0.25, 0.3) is 0 Å². The van der Waals surface area contributed by atoms with Gasteiger partial charge in [0.05, 0.1) is 5.56 Å². The highest BCUT2D eigenvalue weighted by Crippen LogP contribution is 2.27. The van der Waals surface area contributed by atoms with Gasteiger partial charge in [0.15, 0.2) is 0 Å². The number of hydrogen-bond donors (Lipinski definition) is 2. The highest BCUT2D eigenvalue weighted by atomic mass is 32.1. The first-order valence-corrected chi connectivity index (χ1v) is 5.21. The van der Waals surface area contributed by atoms with Crippen molar-refractivity contribution in [3.8, 4) is 16.9 Å². The topological polar surface area (TPSA) is 57.5 Å². The summed E-state index contributed by atoms with van der Waals surface area (Å²) in [6.45, 7) is 0. The third-order valence-electron chi connectivity index (χ3n) is 2.02. The highest BCUT2D eigenvalue weighted by Gasteiger charge is 2.07. The molecule has 76 valence electrons. The molecule has 0 saturated carbocycles. The Kier molecular flexibility index (Phi) is 2.43. The van der Waals surface area contributed by atoms with Crippen LogP contribution in [0.1, 0.15) is 10.4 Å². The molecule has 2 N–H and O–H groups in total. The minimum Gasteiger partial charge on any atom is -0.508 e. The van der Waals surface area contributed by atoms with Crippen LogP contribution >= 0.6 is 11.3 Å². The maximum Gasteiger partial charge on any atom is 0.335 e. The Labute approximate surface area is 90.2 Å². The van der Waals surface area contributed by atoms with Crippen LogP contribution in [0.4, 0.5) is 0 Å². The fourth-order valence-corrected chi connectivity index (χ4v) is 2.00. The molecule has 0 fully saturated rings. The van der Waals surface area contributed by atoms with Crippen molar-refractivity contribution in [3.63, 3.8) is 0 Å². The van der Waals surface area contributed by atoms with Crippen molar-refractivity contribution in [2.75, 3.05) is 0 Å². The Bertz CT molecular complexity index is 489. The van der Waals surface area contributed by atoms with Crippen LogP contribution in [0.5, 0.6) is 5.75 Å². The molecule has 0 radical (unpaired) electrons. The van der Waals surface area contributed by atoms with Gasteiger partial charge in [-0.1, -0.05) is 0 Å². The molecule has 15 heavy (non-hydrogen) atoms. The van der Waals surface area contributed by atoms with E-state index in [9.17, 15) is 9.90 Å². The summed E-state index contributed by atoms with van der Waals surface area (Å²) in [5.74, 6) is -1.07. The van der Waals surface area contributed by atoms with E-state index < -0.39 is 5.97 Å². The summed E-state index contributed by atoms with van der Waals surface area (Å²) in [5, 5.41) is 22.0. The lowest BCUT2D eigenvalue weighted by Crippen LogP contribution is -1.95. The zero-order valence-electron chi connectivity index (χ0n) is 7.68. The van der Waals surface area contributed by atoms with Crippen LogP contribution in [0, 0.1) is 0 Å². The second kappa shape index (κ2) is 3.74. The van der Waals surface area contributed by atoms with Crippen molar-refractivity contribution in [1.82, 2.24) is 0 Å². The number of hydrogen-bond acceptors (Lipinski definition) is 3. The van der Waals surface area contributed by atoms with Crippen LogP contribution in [-0.2, 0) is 0 Å². The van der Waals surface area contributed by atoms with Crippen molar-refractivity contribution in [3.05, 3.63) is 40.6 Å². The third kappa shape index (κ3) is 1.99. The summed E-state index contributed by atoms with van der Waals surface area (Å²) >= 11 is 1.53. The summed E-state index contributed by atoms with van der Waals surface area (Å²) in [6.07, 6.45) is 0. The standard InChI is InChI=1S/C11H8O3S/c12-10-4-8(7-1-2-15-6-7)3-9(5-10)11(13)14/h1-6,12H,(H,13,14). The number of thiophene rings is 1. The smallest absolute Gasteiger partial charge is 0.335 e. The van der Waals surface area contributed by atoms with Gasteiger partial charge in [0, 0.05) is 0 Å². The average molecular weight is 220 g/mol. The fourth-order valence-electron chi connectivity index (χ4n) is 1.33. The largest absolute Gasteiger partial charge is 0.508 e. The van der Waals surface area contributed by atoms with Gasteiger partial charge in [-0.3, -0.25) is 0 Å². The number of aromatic carboxylic acids is 1. The van der Waals surface area contributed by atoms with Gasteiger partial charge in [-0.2, -0.15) is 11.3 Å². The minimum absolute atomic E-state index is 0.0314. The highest BCUT2D eigenvalue weighted by molar-refractivity contribution is 7.08. The monoisotopic (exact) mass is 220 g/mol. The predicted molar refractivity (Wildman–Crippen MR) is 58.4 cm³/mol. The van der Waals surface area contributed by atoms with E-state index in [1.165, 1.54) is 17.4 Å². The molecule has 0 saturated heterocycles. The van der Waals surface area contributed by atoms with Gasteiger partial charge in [0.2, 0.25) is 0 Å². The van der Waals surface area contributed by atoms with Crippen molar-refractivity contribution in [1.29, 1.82) is 0 Å². The van der Waals surface area contributed by atoms with E-state index >= 15 is 0 Å². The van der Waals surface area contributed by atoms with Gasteiger partial charge in [-0.25, -0.2) is 4.79 Å². The Morgan fingerprint density at radius 3 is 2.60 bits per heavy atom.